The van der Waals surface area contributed by atoms with E-state index in [1.165, 1.54) is 11.8 Å². The van der Waals surface area contributed by atoms with Crippen molar-refractivity contribution in [2.75, 3.05) is 7.11 Å². The van der Waals surface area contributed by atoms with Gasteiger partial charge in [0.1, 0.15) is 12.4 Å². The van der Waals surface area contributed by atoms with Crippen LogP contribution in [-0.4, -0.2) is 33.5 Å². The molecular formula is C23H21BrN4O3. The second-order valence-corrected chi connectivity index (χ2v) is 8.02. The number of benzene rings is 2. The minimum absolute atomic E-state index is 0.0947. The Morgan fingerprint density at radius 1 is 1.23 bits per heavy atom. The van der Waals surface area contributed by atoms with Crippen molar-refractivity contribution in [2.24, 2.45) is 5.10 Å². The third-order valence-corrected chi connectivity index (χ3v) is 5.50. The summed E-state index contributed by atoms with van der Waals surface area (Å²) < 4.78 is 8.79. The number of fused-ring (bicyclic) bond motifs is 2. The number of halogens is 1. The number of esters is 1. The van der Waals surface area contributed by atoms with E-state index in [4.69, 9.17) is 4.74 Å². The molecule has 0 N–H and O–H groups in total. The predicted molar refractivity (Wildman–Crippen MR) is 125 cm³/mol. The Morgan fingerprint density at radius 2 is 2.03 bits per heavy atom. The number of hydrogen-bond acceptors (Lipinski definition) is 5. The Labute approximate surface area is 187 Å². The van der Waals surface area contributed by atoms with Crippen molar-refractivity contribution in [3.63, 3.8) is 0 Å². The van der Waals surface area contributed by atoms with Gasteiger partial charge in [0.25, 0.3) is 5.56 Å². The lowest BCUT2D eigenvalue weighted by atomic mass is 10.2. The summed E-state index contributed by atoms with van der Waals surface area (Å²) in [5, 5.41) is 5.94. The molecule has 0 saturated heterocycles. The number of ether oxygens (including phenoxy) is 1. The maximum atomic E-state index is 13.2. The molecule has 8 heteroatoms. The van der Waals surface area contributed by atoms with Gasteiger partial charge in [-0.15, -0.1) is 0 Å². The van der Waals surface area contributed by atoms with Crippen LogP contribution in [0.2, 0.25) is 0 Å². The first-order valence-electron chi connectivity index (χ1n) is 9.92. The lowest BCUT2D eigenvalue weighted by Gasteiger charge is -2.08. The van der Waals surface area contributed by atoms with Crippen LogP contribution in [0.4, 0.5) is 0 Å². The average Bonchev–Trinajstić information content (AvgIpc) is 3.11. The van der Waals surface area contributed by atoms with Gasteiger partial charge in [0.05, 0.1) is 24.2 Å². The Balaban J connectivity index is 1.84. The van der Waals surface area contributed by atoms with Gasteiger partial charge in [0.2, 0.25) is 0 Å². The number of rotatable bonds is 6. The molecule has 2 heterocycles. The molecule has 0 unspecified atom stereocenters. The second kappa shape index (κ2) is 8.85. The van der Waals surface area contributed by atoms with Crippen LogP contribution in [0.5, 0.6) is 0 Å². The number of methoxy groups -OCH3 is 1. The number of aromatic nitrogens is 3. The molecular weight excluding hydrogens is 460 g/mol. The lowest BCUT2D eigenvalue weighted by molar-refractivity contribution is -0.141. The molecule has 0 aliphatic heterocycles. The number of para-hydroxylation sites is 1. The van der Waals surface area contributed by atoms with Crippen LogP contribution in [0.25, 0.3) is 21.8 Å². The monoisotopic (exact) mass is 480 g/mol. The zero-order chi connectivity index (χ0) is 22.0. The van der Waals surface area contributed by atoms with Gasteiger partial charge in [-0.2, -0.15) is 9.78 Å². The first kappa shape index (κ1) is 21.0. The predicted octanol–water partition coefficient (Wildman–Crippen LogP) is 4.12. The van der Waals surface area contributed by atoms with Gasteiger partial charge < -0.3 is 9.30 Å². The van der Waals surface area contributed by atoms with Gasteiger partial charge >= 0.3 is 5.97 Å². The van der Waals surface area contributed by atoms with Gasteiger partial charge in [0.15, 0.2) is 0 Å². The van der Waals surface area contributed by atoms with Gasteiger partial charge in [0, 0.05) is 33.6 Å². The van der Waals surface area contributed by atoms with Crippen molar-refractivity contribution >= 4 is 49.9 Å². The largest absolute Gasteiger partial charge is 0.468 e. The number of aryl methyl sites for hydroxylation is 1. The highest BCUT2D eigenvalue weighted by Crippen LogP contribution is 2.21. The molecule has 0 spiro atoms. The highest BCUT2D eigenvalue weighted by Gasteiger charge is 2.12. The maximum absolute atomic E-state index is 13.2. The summed E-state index contributed by atoms with van der Waals surface area (Å²) in [6.07, 6.45) is 4.94. The van der Waals surface area contributed by atoms with Crippen LogP contribution in [0.1, 0.15) is 24.7 Å². The van der Waals surface area contributed by atoms with Crippen LogP contribution in [-0.2, 0) is 22.5 Å². The first-order valence-corrected chi connectivity index (χ1v) is 10.7. The normalized spacial score (nSPS) is 11.6. The molecule has 0 aliphatic rings. The van der Waals surface area contributed by atoms with Crippen molar-refractivity contribution < 1.29 is 9.53 Å². The smallest absolute Gasteiger partial charge is 0.325 e. The molecule has 4 rings (SSSR count). The summed E-state index contributed by atoms with van der Waals surface area (Å²) in [4.78, 5) is 29.6. The van der Waals surface area contributed by atoms with E-state index in [9.17, 15) is 9.59 Å². The zero-order valence-electron chi connectivity index (χ0n) is 17.2. The molecule has 0 saturated carbocycles. The van der Waals surface area contributed by atoms with E-state index < -0.39 is 0 Å². The second-order valence-electron chi connectivity index (χ2n) is 7.11. The Morgan fingerprint density at radius 3 is 2.81 bits per heavy atom. The summed E-state index contributed by atoms with van der Waals surface area (Å²) in [5.41, 5.74) is 2.11. The summed E-state index contributed by atoms with van der Waals surface area (Å²) in [7, 11) is 1.36. The minimum atomic E-state index is -0.338. The molecule has 0 atom stereocenters. The molecule has 31 heavy (non-hydrogen) atoms. The maximum Gasteiger partial charge on any atom is 0.325 e. The van der Waals surface area contributed by atoms with Crippen molar-refractivity contribution in [2.45, 2.75) is 26.3 Å². The van der Waals surface area contributed by atoms with Crippen LogP contribution in [0.3, 0.4) is 0 Å². The number of nitrogens with zero attached hydrogens (tertiary/aromatic N) is 4. The molecule has 7 nitrogen and oxygen atoms in total. The molecule has 4 aromatic rings. The minimum Gasteiger partial charge on any atom is -0.468 e. The summed E-state index contributed by atoms with van der Waals surface area (Å²) in [6, 6.07) is 13.2. The van der Waals surface area contributed by atoms with Gasteiger partial charge in [-0.1, -0.05) is 41.1 Å². The fourth-order valence-corrected chi connectivity index (χ4v) is 3.89. The molecule has 2 aromatic heterocycles. The molecule has 2 aromatic carbocycles. The summed E-state index contributed by atoms with van der Waals surface area (Å²) in [6.45, 7) is 2.13. The Kier molecular flexibility index (Phi) is 5.99. The fraction of sp³-hybridized carbons (Fsp3) is 0.217. The number of carbonyl (C=O) groups excluding carboxylic acids is 1. The standard InChI is InChI=1S/C23H21BrN4O3/c1-3-6-21-26-19-10-9-16(24)11-18(19)23(30)28(21)25-12-15-13-27(14-22(29)31-2)20-8-5-4-7-17(15)20/h4-5,7-13H,3,6,14H2,1-2H3. The number of carbonyl (C=O) groups is 1. The van der Waals surface area contributed by atoms with Gasteiger partial charge in [-0.25, -0.2) is 4.98 Å². The van der Waals surface area contributed by atoms with Crippen molar-refractivity contribution in [1.82, 2.24) is 14.2 Å². The summed E-state index contributed by atoms with van der Waals surface area (Å²) >= 11 is 3.42. The zero-order valence-corrected chi connectivity index (χ0v) is 18.8. The van der Waals surface area contributed by atoms with Crippen LogP contribution in [0.15, 0.2) is 63.0 Å². The Bertz CT molecular complexity index is 1370. The topological polar surface area (TPSA) is 78.5 Å². The SMILES string of the molecule is CCCc1nc2ccc(Br)cc2c(=O)n1N=Cc1cn(CC(=O)OC)c2ccccc12. The van der Waals surface area contributed by atoms with Crippen molar-refractivity contribution in [3.05, 3.63) is 74.9 Å². The van der Waals surface area contributed by atoms with E-state index >= 15 is 0 Å². The van der Waals surface area contributed by atoms with Gasteiger partial charge in [-0.3, -0.25) is 9.59 Å². The van der Waals surface area contributed by atoms with E-state index in [1.54, 1.807) is 12.3 Å². The third kappa shape index (κ3) is 4.16. The molecule has 0 fully saturated rings. The van der Waals surface area contributed by atoms with Crippen LogP contribution in [0, 0.1) is 0 Å². The van der Waals surface area contributed by atoms with E-state index in [0.29, 0.717) is 23.1 Å². The number of hydrogen-bond donors (Lipinski definition) is 0. The fourth-order valence-electron chi connectivity index (χ4n) is 3.53. The van der Waals surface area contributed by atoms with Crippen molar-refractivity contribution in [1.29, 1.82) is 0 Å². The van der Waals surface area contributed by atoms with Crippen LogP contribution < -0.4 is 5.56 Å². The Hall–Kier alpha value is -3.26. The first-order chi connectivity index (χ1) is 15.0. The highest BCUT2D eigenvalue weighted by atomic mass is 79.9. The van der Waals surface area contributed by atoms with E-state index in [0.717, 1.165) is 27.4 Å². The quantitative estimate of drug-likeness (QED) is 0.307. The molecule has 0 amide bonds. The lowest BCUT2D eigenvalue weighted by Crippen LogP contribution is -2.22. The molecule has 158 valence electrons. The summed E-state index contributed by atoms with van der Waals surface area (Å²) in [5.74, 6) is 0.270. The van der Waals surface area contributed by atoms with E-state index in [1.807, 2.05) is 54.1 Å². The van der Waals surface area contributed by atoms with Gasteiger partial charge in [-0.05, 0) is 30.7 Å². The molecule has 0 bridgehead atoms. The van der Waals surface area contributed by atoms with Crippen LogP contribution >= 0.6 is 15.9 Å². The average molecular weight is 481 g/mol. The molecule has 0 aliphatic carbocycles. The van der Waals surface area contributed by atoms with E-state index in [2.05, 4.69) is 26.0 Å². The molecule has 0 radical (unpaired) electrons. The highest BCUT2D eigenvalue weighted by molar-refractivity contribution is 9.10. The third-order valence-electron chi connectivity index (χ3n) is 5.01. The van der Waals surface area contributed by atoms with Crippen molar-refractivity contribution in [3.8, 4) is 0 Å². The van der Waals surface area contributed by atoms with E-state index in [-0.39, 0.29) is 18.1 Å².